The molecule has 0 aliphatic rings. The molecule has 114 valence electrons. The molecule has 3 N–H and O–H groups in total. The fraction of sp³-hybridized carbons (Fsp3) is 0.571. The molecule has 1 heterocycles. The SMILES string of the molecule is CCOCCCN=C(N)NCCc1ccncc1C.I. The Hall–Kier alpha value is -0.890. The van der Waals surface area contributed by atoms with Gasteiger partial charge in [0.05, 0.1) is 0 Å². The number of aryl methyl sites for hydroxylation is 1. The largest absolute Gasteiger partial charge is 0.382 e. The Morgan fingerprint density at radius 2 is 2.30 bits per heavy atom. The molecule has 1 aromatic rings. The van der Waals surface area contributed by atoms with Crippen LogP contribution in [-0.4, -0.2) is 37.2 Å². The minimum atomic E-state index is 0. The number of halogens is 1. The molecule has 6 heteroatoms. The van der Waals surface area contributed by atoms with Crippen molar-refractivity contribution in [3.63, 3.8) is 0 Å². The van der Waals surface area contributed by atoms with E-state index in [1.165, 1.54) is 11.1 Å². The van der Waals surface area contributed by atoms with Crippen molar-refractivity contribution in [3.8, 4) is 0 Å². The highest BCUT2D eigenvalue weighted by atomic mass is 127. The second kappa shape index (κ2) is 11.9. The predicted molar refractivity (Wildman–Crippen MR) is 93.7 cm³/mol. The maximum atomic E-state index is 5.78. The van der Waals surface area contributed by atoms with Crippen LogP contribution in [0.1, 0.15) is 24.5 Å². The number of hydrogen-bond acceptors (Lipinski definition) is 3. The molecule has 0 unspecified atom stereocenters. The van der Waals surface area contributed by atoms with Gasteiger partial charge in [-0.2, -0.15) is 0 Å². The Balaban J connectivity index is 0.00000361. The van der Waals surface area contributed by atoms with Crippen LogP contribution in [0.25, 0.3) is 0 Å². The van der Waals surface area contributed by atoms with Gasteiger partial charge in [0.25, 0.3) is 0 Å². The second-order valence-corrected chi connectivity index (χ2v) is 4.30. The zero-order valence-corrected chi connectivity index (χ0v) is 14.6. The van der Waals surface area contributed by atoms with Gasteiger partial charge in [-0.1, -0.05) is 0 Å². The molecule has 20 heavy (non-hydrogen) atoms. The molecule has 0 aromatic carbocycles. The van der Waals surface area contributed by atoms with E-state index in [-0.39, 0.29) is 24.0 Å². The van der Waals surface area contributed by atoms with E-state index < -0.39 is 0 Å². The van der Waals surface area contributed by atoms with Crippen LogP contribution in [0.4, 0.5) is 0 Å². The molecular weight excluding hydrogens is 367 g/mol. The summed E-state index contributed by atoms with van der Waals surface area (Å²) < 4.78 is 5.23. The van der Waals surface area contributed by atoms with E-state index in [9.17, 15) is 0 Å². The Labute approximate surface area is 138 Å². The lowest BCUT2D eigenvalue weighted by molar-refractivity contribution is 0.146. The van der Waals surface area contributed by atoms with E-state index in [4.69, 9.17) is 10.5 Å². The van der Waals surface area contributed by atoms with Gasteiger partial charge in [-0.15, -0.1) is 24.0 Å². The topological polar surface area (TPSA) is 72.5 Å². The summed E-state index contributed by atoms with van der Waals surface area (Å²) >= 11 is 0. The minimum Gasteiger partial charge on any atom is -0.382 e. The third-order valence-electron chi connectivity index (χ3n) is 2.77. The number of pyridine rings is 1. The van der Waals surface area contributed by atoms with Gasteiger partial charge in [-0.3, -0.25) is 9.98 Å². The van der Waals surface area contributed by atoms with Crippen molar-refractivity contribution in [2.24, 2.45) is 10.7 Å². The van der Waals surface area contributed by atoms with Crippen LogP contribution < -0.4 is 11.1 Å². The van der Waals surface area contributed by atoms with Gasteiger partial charge in [0.1, 0.15) is 0 Å². The third kappa shape index (κ3) is 8.31. The van der Waals surface area contributed by atoms with Crippen LogP contribution in [0.5, 0.6) is 0 Å². The Morgan fingerprint density at radius 1 is 1.50 bits per heavy atom. The van der Waals surface area contributed by atoms with Gasteiger partial charge in [-0.25, -0.2) is 0 Å². The third-order valence-corrected chi connectivity index (χ3v) is 2.77. The molecule has 0 radical (unpaired) electrons. The number of nitrogens with one attached hydrogen (secondary N) is 1. The van der Waals surface area contributed by atoms with Gasteiger partial charge >= 0.3 is 0 Å². The zero-order chi connectivity index (χ0) is 13.9. The quantitative estimate of drug-likeness (QED) is 0.307. The molecule has 0 atom stereocenters. The lowest BCUT2D eigenvalue weighted by Gasteiger charge is -2.07. The maximum absolute atomic E-state index is 5.78. The molecule has 0 spiro atoms. The highest BCUT2D eigenvalue weighted by molar-refractivity contribution is 14.0. The highest BCUT2D eigenvalue weighted by Gasteiger charge is 1.98. The maximum Gasteiger partial charge on any atom is 0.188 e. The lowest BCUT2D eigenvalue weighted by atomic mass is 10.1. The standard InChI is InChI=1S/C14H24N4O.HI/c1-3-19-10-4-7-17-14(15)18-9-6-13-5-8-16-11-12(13)2;/h5,8,11H,3-4,6-7,9-10H2,1-2H3,(H3,15,17,18);1H. The number of rotatable bonds is 8. The van der Waals surface area contributed by atoms with Crippen molar-refractivity contribution in [1.29, 1.82) is 0 Å². The molecule has 0 saturated heterocycles. The normalized spacial score (nSPS) is 11.0. The first-order valence-corrected chi connectivity index (χ1v) is 6.75. The van der Waals surface area contributed by atoms with Crippen LogP contribution in [0.3, 0.4) is 0 Å². The van der Waals surface area contributed by atoms with Crippen LogP contribution in [0.2, 0.25) is 0 Å². The molecule has 0 aliphatic carbocycles. The van der Waals surface area contributed by atoms with Gasteiger partial charge in [0.15, 0.2) is 5.96 Å². The number of nitrogens with zero attached hydrogens (tertiary/aromatic N) is 2. The molecule has 0 bridgehead atoms. The smallest absolute Gasteiger partial charge is 0.188 e. The first-order chi connectivity index (χ1) is 9.24. The summed E-state index contributed by atoms with van der Waals surface area (Å²) in [5.41, 5.74) is 8.27. The van der Waals surface area contributed by atoms with Gasteiger partial charge in [0, 0.05) is 38.7 Å². The van der Waals surface area contributed by atoms with Crippen LogP contribution in [-0.2, 0) is 11.2 Å². The zero-order valence-electron chi connectivity index (χ0n) is 12.3. The van der Waals surface area contributed by atoms with Crippen molar-refractivity contribution in [2.45, 2.75) is 26.7 Å². The van der Waals surface area contributed by atoms with Crippen LogP contribution >= 0.6 is 24.0 Å². The van der Waals surface area contributed by atoms with Crippen molar-refractivity contribution >= 4 is 29.9 Å². The number of aromatic nitrogens is 1. The van der Waals surface area contributed by atoms with Crippen LogP contribution in [0.15, 0.2) is 23.5 Å². The first-order valence-electron chi connectivity index (χ1n) is 6.75. The molecular formula is C14H25IN4O. The Kier molecular flexibility index (Phi) is 11.4. The summed E-state index contributed by atoms with van der Waals surface area (Å²) in [4.78, 5) is 8.31. The molecule has 0 saturated carbocycles. The fourth-order valence-corrected chi connectivity index (χ4v) is 1.67. The number of guanidine groups is 1. The van der Waals surface area contributed by atoms with E-state index in [0.717, 1.165) is 32.6 Å². The number of aliphatic imine (C=N–C) groups is 1. The second-order valence-electron chi connectivity index (χ2n) is 4.30. The van der Waals surface area contributed by atoms with Gasteiger partial charge in [0.2, 0.25) is 0 Å². The van der Waals surface area contributed by atoms with E-state index in [1.54, 1.807) is 0 Å². The highest BCUT2D eigenvalue weighted by Crippen LogP contribution is 2.04. The van der Waals surface area contributed by atoms with Gasteiger partial charge in [-0.05, 0) is 43.9 Å². The summed E-state index contributed by atoms with van der Waals surface area (Å²) in [5.74, 6) is 0.503. The molecule has 5 nitrogen and oxygen atoms in total. The van der Waals surface area contributed by atoms with E-state index in [2.05, 4.69) is 22.2 Å². The summed E-state index contributed by atoms with van der Waals surface area (Å²) in [6, 6.07) is 2.03. The average Bonchev–Trinajstić information content (AvgIpc) is 2.41. The lowest BCUT2D eigenvalue weighted by Crippen LogP contribution is -2.33. The number of ether oxygens (including phenoxy) is 1. The summed E-state index contributed by atoms with van der Waals surface area (Å²) in [7, 11) is 0. The average molecular weight is 392 g/mol. The first kappa shape index (κ1) is 19.1. The molecule has 0 amide bonds. The summed E-state index contributed by atoms with van der Waals surface area (Å²) in [6.45, 7) is 7.03. The molecule has 1 aromatic heterocycles. The summed E-state index contributed by atoms with van der Waals surface area (Å²) in [5, 5.41) is 3.12. The van der Waals surface area contributed by atoms with Crippen molar-refractivity contribution in [1.82, 2.24) is 10.3 Å². The minimum absolute atomic E-state index is 0. The van der Waals surface area contributed by atoms with E-state index in [0.29, 0.717) is 12.5 Å². The predicted octanol–water partition coefficient (Wildman–Crippen LogP) is 1.88. The molecule has 1 rings (SSSR count). The monoisotopic (exact) mass is 392 g/mol. The number of nitrogens with two attached hydrogens (primary N) is 1. The van der Waals surface area contributed by atoms with Crippen molar-refractivity contribution in [2.75, 3.05) is 26.3 Å². The van der Waals surface area contributed by atoms with Gasteiger partial charge < -0.3 is 15.8 Å². The van der Waals surface area contributed by atoms with Crippen molar-refractivity contribution in [3.05, 3.63) is 29.6 Å². The fourth-order valence-electron chi connectivity index (χ4n) is 1.67. The van der Waals surface area contributed by atoms with E-state index >= 15 is 0 Å². The van der Waals surface area contributed by atoms with E-state index in [1.807, 2.05) is 25.4 Å². The Morgan fingerprint density at radius 3 is 3.00 bits per heavy atom. The number of hydrogen-bond donors (Lipinski definition) is 2. The molecule has 0 aliphatic heterocycles. The summed E-state index contributed by atoms with van der Waals surface area (Å²) in [6.07, 6.45) is 5.51. The Bertz CT molecular complexity index is 399. The molecule has 0 fully saturated rings. The van der Waals surface area contributed by atoms with Crippen molar-refractivity contribution < 1.29 is 4.74 Å². The van der Waals surface area contributed by atoms with Crippen LogP contribution in [0, 0.1) is 6.92 Å².